The maximum Gasteiger partial charge on any atom is 0.140 e. The summed E-state index contributed by atoms with van der Waals surface area (Å²) in [4.78, 5) is 11.8. The molecule has 2 atom stereocenters. The van der Waals surface area contributed by atoms with Crippen molar-refractivity contribution in [2.45, 2.75) is 66.1 Å². The molecule has 0 aromatic heterocycles. The van der Waals surface area contributed by atoms with Crippen LogP contribution in [0.5, 0.6) is 0 Å². The Bertz CT molecular complexity index is 225. The van der Waals surface area contributed by atoms with Crippen molar-refractivity contribution in [1.29, 1.82) is 0 Å². The summed E-state index contributed by atoms with van der Waals surface area (Å²) in [6.07, 6.45) is 3.28. The molecule has 1 heterocycles. The fraction of sp³-hybridized carbons (Fsp3) is 0.923. The van der Waals surface area contributed by atoms with Crippen molar-refractivity contribution in [2.75, 3.05) is 0 Å². The summed E-state index contributed by atoms with van der Waals surface area (Å²) >= 11 is 0. The van der Waals surface area contributed by atoms with Crippen LogP contribution in [0.15, 0.2) is 0 Å². The van der Waals surface area contributed by atoms with Crippen LogP contribution in [0.2, 0.25) is 0 Å². The van der Waals surface area contributed by atoms with Gasteiger partial charge in [-0.3, -0.25) is 4.79 Å². The topological polar surface area (TPSA) is 26.3 Å². The second-order valence-corrected chi connectivity index (χ2v) is 6.00. The molecule has 1 aliphatic rings. The van der Waals surface area contributed by atoms with E-state index in [1.54, 1.807) is 0 Å². The fourth-order valence-corrected chi connectivity index (χ4v) is 1.89. The van der Waals surface area contributed by atoms with Gasteiger partial charge in [-0.15, -0.1) is 0 Å². The van der Waals surface area contributed by atoms with Crippen molar-refractivity contribution in [2.24, 2.45) is 11.3 Å². The Morgan fingerprint density at radius 2 is 1.93 bits per heavy atom. The lowest BCUT2D eigenvalue weighted by molar-refractivity contribution is -0.129. The van der Waals surface area contributed by atoms with Gasteiger partial charge < -0.3 is 4.74 Å². The highest BCUT2D eigenvalue weighted by Gasteiger charge is 2.31. The summed E-state index contributed by atoms with van der Waals surface area (Å²) in [5.74, 6) is 0.886. The first-order valence-electron chi connectivity index (χ1n) is 5.99. The number of hydrogen-bond acceptors (Lipinski definition) is 2. The molecule has 0 bridgehead atoms. The van der Waals surface area contributed by atoms with E-state index in [-0.39, 0.29) is 11.5 Å². The zero-order valence-electron chi connectivity index (χ0n) is 10.7. The Kier molecular flexibility index (Phi) is 3.93. The zero-order valence-corrected chi connectivity index (χ0v) is 10.7. The minimum atomic E-state index is -0.223. The van der Waals surface area contributed by atoms with E-state index in [9.17, 15) is 4.79 Å². The molecule has 1 aliphatic heterocycles. The van der Waals surface area contributed by atoms with Gasteiger partial charge in [-0.1, -0.05) is 34.6 Å². The van der Waals surface area contributed by atoms with Crippen LogP contribution in [0.4, 0.5) is 0 Å². The van der Waals surface area contributed by atoms with Gasteiger partial charge >= 0.3 is 0 Å². The third kappa shape index (κ3) is 3.60. The Morgan fingerprint density at radius 3 is 2.33 bits per heavy atom. The number of ether oxygens (including phenoxy) is 1. The van der Waals surface area contributed by atoms with Gasteiger partial charge in [0.1, 0.15) is 5.78 Å². The number of carbonyl (C=O) groups is 1. The Labute approximate surface area is 93.4 Å². The molecule has 2 heteroatoms. The maximum atomic E-state index is 11.8. The highest BCUT2D eigenvalue weighted by atomic mass is 16.5. The summed E-state index contributed by atoms with van der Waals surface area (Å²) in [7, 11) is 0. The molecule has 1 rings (SSSR count). The van der Waals surface area contributed by atoms with E-state index in [0.717, 1.165) is 12.8 Å². The second-order valence-electron chi connectivity index (χ2n) is 6.00. The van der Waals surface area contributed by atoms with Gasteiger partial charge in [0.25, 0.3) is 0 Å². The summed E-state index contributed by atoms with van der Waals surface area (Å²) in [6, 6.07) is 0. The monoisotopic (exact) mass is 212 g/mol. The number of hydrogen-bond donors (Lipinski definition) is 0. The number of Topliss-reactive ketones (excluding diaryl/α,β-unsaturated/α-hetero) is 1. The minimum Gasteiger partial charge on any atom is -0.374 e. The van der Waals surface area contributed by atoms with Crippen molar-refractivity contribution < 1.29 is 9.53 Å². The second kappa shape index (κ2) is 4.65. The molecule has 0 spiro atoms. The third-order valence-corrected chi connectivity index (χ3v) is 3.13. The molecule has 1 saturated heterocycles. The van der Waals surface area contributed by atoms with Crippen LogP contribution in [0.1, 0.15) is 53.9 Å². The minimum absolute atomic E-state index is 0.170. The maximum absolute atomic E-state index is 11.8. The third-order valence-electron chi connectivity index (χ3n) is 3.13. The smallest absolute Gasteiger partial charge is 0.140 e. The standard InChI is InChI=1S/C13H24O2/c1-9(2)11-7-6-10(15-11)8-12(14)13(3,4)5/h9-11H,6-8H2,1-5H3/t10-,11+/m0/s1. The lowest BCUT2D eigenvalue weighted by Gasteiger charge is -2.20. The molecule has 15 heavy (non-hydrogen) atoms. The summed E-state index contributed by atoms with van der Waals surface area (Å²) in [6.45, 7) is 10.3. The van der Waals surface area contributed by atoms with Crippen LogP contribution in [0.25, 0.3) is 0 Å². The predicted molar refractivity (Wildman–Crippen MR) is 61.8 cm³/mol. The molecule has 0 radical (unpaired) electrons. The Balaban J connectivity index is 2.40. The van der Waals surface area contributed by atoms with Crippen LogP contribution >= 0.6 is 0 Å². The van der Waals surface area contributed by atoms with E-state index in [0.29, 0.717) is 24.2 Å². The van der Waals surface area contributed by atoms with Crippen LogP contribution < -0.4 is 0 Å². The van der Waals surface area contributed by atoms with Crippen molar-refractivity contribution in [3.8, 4) is 0 Å². The first-order chi connectivity index (χ1) is 6.80. The average Bonchev–Trinajstić information content (AvgIpc) is 2.50. The molecule has 0 aromatic carbocycles. The summed E-state index contributed by atoms with van der Waals surface area (Å²) in [5.41, 5.74) is -0.223. The molecular weight excluding hydrogens is 188 g/mol. The highest BCUT2D eigenvalue weighted by molar-refractivity contribution is 5.84. The largest absolute Gasteiger partial charge is 0.374 e. The van der Waals surface area contributed by atoms with Gasteiger partial charge in [0.15, 0.2) is 0 Å². The summed E-state index contributed by atoms with van der Waals surface area (Å²) < 4.78 is 5.87. The fourth-order valence-electron chi connectivity index (χ4n) is 1.89. The predicted octanol–water partition coefficient (Wildman–Crippen LogP) is 3.20. The molecule has 0 unspecified atom stereocenters. The van der Waals surface area contributed by atoms with Crippen LogP contribution in [0.3, 0.4) is 0 Å². The number of ketones is 1. The molecule has 0 aliphatic carbocycles. The zero-order chi connectivity index (χ0) is 11.6. The van der Waals surface area contributed by atoms with E-state index in [4.69, 9.17) is 4.74 Å². The SMILES string of the molecule is CC(C)[C@H]1CC[C@@H](CC(=O)C(C)(C)C)O1. The van der Waals surface area contributed by atoms with E-state index in [1.807, 2.05) is 20.8 Å². The van der Waals surface area contributed by atoms with Gasteiger partial charge in [0, 0.05) is 11.8 Å². The molecule has 0 saturated carbocycles. The van der Waals surface area contributed by atoms with E-state index >= 15 is 0 Å². The quantitative estimate of drug-likeness (QED) is 0.718. The van der Waals surface area contributed by atoms with Crippen LogP contribution in [-0.4, -0.2) is 18.0 Å². The molecule has 2 nitrogen and oxygen atoms in total. The molecule has 0 aromatic rings. The number of carbonyl (C=O) groups excluding carboxylic acids is 1. The van der Waals surface area contributed by atoms with E-state index < -0.39 is 0 Å². The van der Waals surface area contributed by atoms with E-state index in [2.05, 4.69) is 13.8 Å². The molecule has 88 valence electrons. The first kappa shape index (κ1) is 12.7. The number of rotatable bonds is 3. The molecule has 0 amide bonds. The van der Waals surface area contributed by atoms with Crippen molar-refractivity contribution >= 4 is 5.78 Å². The van der Waals surface area contributed by atoms with Gasteiger partial charge in [-0.2, -0.15) is 0 Å². The normalized spacial score (nSPS) is 27.3. The van der Waals surface area contributed by atoms with Crippen molar-refractivity contribution in [3.05, 3.63) is 0 Å². The Hall–Kier alpha value is -0.370. The lowest BCUT2D eigenvalue weighted by Crippen LogP contribution is -2.26. The van der Waals surface area contributed by atoms with Crippen LogP contribution in [0, 0.1) is 11.3 Å². The molecular formula is C13H24O2. The Morgan fingerprint density at radius 1 is 1.33 bits per heavy atom. The van der Waals surface area contributed by atoms with Crippen molar-refractivity contribution in [3.63, 3.8) is 0 Å². The average molecular weight is 212 g/mol. The molecule has 1 fully saturated rings. The van der Waals surface area contributed by atoms with Gasteiger partial charge in [-0.25, -0.2) is 0 Å². The van der Waals surface area contributed by atoms with Gasteiger partial charge in [0.2, 0.25) is 0 Å². The van der Waals surface area contributed by atoms with E-state index in [1.165, 1.54) is 0 Å². The van der Waals surface area contributed by atoms with Gasteiger partial charge in [-0.05, 0) is 18.8 Å². The van der Waals surface area contributed by atoms with Crippen LogP contribution in [-0.2, 0) is 9.53 Å². The highest BCUT2D eigenvalue weighted by Crippen LogP contribution is 2.29. The molecule has 0 N–H and O–H groups in total. The lowest BCUT2D eigenvalue weighted by atomic mass is 9.87. The van der Waals surface area contributed by atoms with Gasteiger partial charge in [0.05, 0.1) is 12.2 Å². The summed E-state index contributed by atoms with van der Waals surface area (Å²) in [5, 5.41) is 0. The van der Waals surface area contributed by atoms with Crippen molar-refractivity contribution in [1.82, 2.24) is 0 Å². The first-order valence-corrected chi connectivity index (χ1v) is 5.99.